The molecule has 1 heterocycles. The van der Waals surface area contributed by atoms with Crippen molar-refractivity contribution in [3.05, 3.63) is 29.8 Å². The predicted octanol–water partition coefficient (Wildman–Crippen LogP) is 2.72. The van der Waals surface area contributed by atoms with Crippen LogP contribution >= 0.6 is 0 Å². The van der Waals surface area contributed by atoms with Crippen LogP contribution in [0.2, 0.25) is 0 Å². The molecule has 1 aliphatic heterocycles. The second-order valence-corrected chi connectivity index (χ2v) is 6.46. The summed E-state index contributed by atoms with van der Waals surface area (Å²) < 4.78 is 5.08. The molecule has 2 rings (SSSR count). The highest BCUT2D eigenvalue weighted by molar-refractivity contribution is 6.08. The van der Waals surface area contributed by atoms with E-state index in [0.717, 1.165) is 0 Å². The van der Waals surface area contributed by atoms with E-state index in [1.165, 1.54) is 9.80 Å². The SMILES string of the molecule is COc1ccc(C(=O)CC2C(=O)N(C(C)C)C(=O)N2C(C)C)cc1. The van der Waals surface area contributed by atoms with E-state index < -0.39 is 6.04 Å². The molecule has 6 nitrogen and oxygen atoms in total. The molecule has 1 aromatic rings. The van der Waals surface area contributed by atoms with Gasteiger partial charge >= 0.3 is 6.03 Å². The lowest BCUT2D eigenvalue weighted by atomic mass is 10.0. The third-order valence-corrected chi connectivity index (χ3v) is 4.15. The molecule has 0 spiro atoms. The number of rotatable bonds is 6. The van der Waals surface area contributed by atoms with Gasteiger partial charge in [0.2, 0.25) is 0 Å². The average Bonchev–Trinajstić information content (AvgIpc) is 2.78. The zero-order valence-electron chi connectivity index (χ0n) is 14.8. The molecule has 130 valence electrons. The first-order valence-electron chi connectivity index (χ1n) is 8.10. The van der Waals surface area contributed by atoms with Crippen molar-refractivity contribution in [2.45, 2.75) is 52.2 Å². The zero-order valence-corrected chi connectivity index (χ0v) is 14.8. The molecule has 0 aromatic heterocycles. The maximum atomic E-state index is 12.6. The average molecular weight is 332 g/mol. The lowest BCUT2D eigenvalue weighted by molar-refractivity contribution is -0.129. The second kappa shape index (κ2) is 7.03. The van der Waals surface area contributed by atoms with Gasteiger partial charge in [-0.25, -0.2) is 4.79 Å². The number of carbonyl (C=O) groups excluding carboxylic acids is 3. The van der Waals surface area contributed by atoms with Crippen LogP contribution in [0.1, 0.15) is 44.5 Å². The van der Waals surface area contributed by atoms with Gasteiger partial charge in [-0.1, -0.05) is 0 Å². The van der Waals surface area contributed by atoms with Crippen molar-refractivity contribution in [2.75, 3.05) is 7.11 Å². The van der Waals surface area contributed by atoms with E-state index in [0.29, 0.717) is 11.3 Å². The molecular formula is C18H24N2O4. The van der Waals surface area contributed by atoms with Crippen LogP contribution in [0, 0.1) is 0 Å². The van der Waals surface area contributed by atoms with Gasteiger partial charge in [-0.05, 0) is 52.0 Å². The maximum absolute atomic E-state index is 12.6. The zero-order chi connectivity index (χ0) is 18.0. The Bertz CT molecular complexity index is 637. The Morgan fingerprint density at radius 1 is 1.08 bits per heavy atom. The number of hydrogen-bond donors (Lipinski definition) is 0. The lowest BCUT2D eigenvalue weighted by Gasteiger charge is -2.25. The molecule has 0 N–H and O–H groups in total. The van der Waals surface area contributed by atoms with Crippen molar-refractivity contribution in [2.24, 2.45) is 0 Å². The van der Waals surface area contributed by atoms with Crippen molar-refractivity contribution >= 4 is 17.7 Å². The van der Waals surface area contributed by atoms with Crippen molar-refractivity contribution in [3.63, 3.8) is 0 Å². The molecule has 24 heavy (non-hydrogen) atoms. The fourth-order valence-electron chi connectivity index (χ4n) is 2.94. The summed E-state index contributed by atoms with van der Waals surface area (Å²) in [4.78, 5) is 40.4. The second-order valence-electron chi connectivity index (χ2n) is 6.46. The summed E-state index contributed by atoms with van der Waals surface area (Å²) in [5.74, 6) is 0.194. The number of hydrogen-bond acceptors (Lipinski definition) is 4. The predicted molar refractivity (Wildman–Crippen MR) is 90.1 cm³/mol. The monoisotopic (exact) mass is 332 g/mol. The minimum absolute atomic E-state index is 0.0156. The van der Waals surface area contributed by atoms with E-state index in [2.05, 4.69) is 0 Å². The molecule has 1 aromatic carbocycles. The molecule has 0 aliphatic carbocycles. The van der Waals surface area contributed by atoms with Crippen LogP contribution in [0.25, 0.3) is 0 Å². The van der Waals surface area contributed by atoms with E-state index in [4.69, 9.17) is 4.74 Å². The highest BCUT2D eigenvalue weighted by atomic mass is 16.5. The third kappa shape index (κ3) is 3.27. The Morgan fingerprint density at radius 2 is 1.67 bits per heavy atom. The summed E-state index contributed by atoms with van der Waals surface area (Å²) in [6, 6.07) is 5.30. The maximum Gasteiger partial charge on any atom is 0.327 e. The minimum Gasteiger partial charge on any atom is -0.497 e. The third-order valence-electron chi connectivity index (χ3n) is 4.15. The summed E-state index contributed by atoms with van der Waals surface area (Å²) >= 11 is 0. The lowest BCUT2D eigenvalue weighted by Crippen LogP contribution is -2.42. The highest BCUT2D eigenvalue weighted by Gasteiger charge is 2.47. The van der Waals surface area contributed by atoms with Crippen LogP contribution in [0.4, 0.5) is 4.79 Å². The topological polar surface area (TPSA) is 66.9 Å². The molecule has 0 saturated carbocycles. The van der Waals surface area contributed by atoms with Gasteiger partial charge in [-0.3, -0.25) is 14.5 Å². The Hall–Kier alpha value is -2.37. The first kappa shape index (κ1) is 18.0. The van der Waals surface area contributed by atoms with E-state index in [9.17, 15) is 14.4 Å². The van der Waals surface area contributed by atoms with Gasteiger partial charge in [-0.2, -0.15) is 0 Å². The van der Waals surface area contributed by atoms with Crippen LogP contribution in [-0.4, -0.2) is 52.8 Å². The van der Waals surface area contributed by atoms with E-state index in [1.54, 1.807) is 45.2 Å². The smallest absolute Gasteiger partial charge is 0.327 e. The van der Waals surface area contributed by atoms with Crippen molar-refractivity contribution in [3.8, 4) is 5.75 Å². The van der Waals surface area contributed by atoms with Gasteiger partial charge < -0.3 is 9.64 Å². The minimum atomic E-state index is -0.741. The number of Topliss-reactive ketones (excluding diaryl/α,β-unsaturated/α-hetero) is 1. The number of amides is 3. The van der Waals surface area contributed by atoms with Gasteiger partial charge in [-0.15, -0.1) is 0 Å². The van der Waals surface area contributed by atoms with Gasteiger partial charge in [0.05, 0.1) is 7.11 Å². The standard InChI is InChI=1S/C18H24N2O4/c1-11(2)19-15(17(22)20(12(3)4)18(19)23)10-16(21)13-6-8-14(24-5)9-7-13/h6-9,11-12,15H,10H2,1-5H3. The van der Waals surface area contributed by atoms with Crippen molar-refractivity contribution in [1.29, 1.82) is 0 Å². The number of imide groups is 1. The fourth-order valence-corrected chi connectivity index (χ4v) is 2.94. The summed E-state index contributed by atoms with van der Waals surface area (Å²) in [6.07, 6.45) is -0.0156. The molecule has 0 bridgehead atoms. The van der Waals surface area contributed by atoms with Gasteiger partial charge in [0.1, 0.15) is 11.8 Å². The summed E-state index contributed by atoms with van der Waals surface area (Å²) in [6.45, 7) is 7.28. The quantitative estimate of drug-likeness (QED) is 0.593. The molecule has 1 fully saturated rings. The molecule has 1 saturated heterocycles. The number of urea groups is 1. The summed E-state index contributed by atoms with van der Waals surface area (Å²) in [7, 11) is 1.56. The normalized spacial score (nSPS) is 18.0. The van der Waals surface area contributed by atoms with Crippen LogP contribution in [0.3, 0.4) is 0 Å². The first-order chi connectivity index (χ1) is 11.3. The Morgan fingerprint density at radius 3 is 2.12 bits per heavy atom. The van der Waals surface area contributed by atoms with Crippen LogP contribution in [-0.2, 0) is 4.79 Å². The number of ether oxygens (including phenoxy) is 1. The highest BCUT2D eigenvalue weighted by Crippen LogP contribution is 2.26. The van der Waals surface area contributed by atoms with E-state index in [-0.39, 0.29) is 36.2 Å². The molecular weight excluding hydrogens is 308 g/mol. The number of carbonyl (C=O) groups is 3. The number of benzene rings is 1. The van der Waals surface area contributed by atoms with Crippen molar-refractivity contribution < 1.29 is 19.1 Å². The number of nitrogens with zero attached hydrogens (tertiary/aromatic N) is 2. The fraction of sp³-hybridized carbons (Fsp3) is 0.500. The molecule has 1 unspecified atom stereocenters. The largest absolute Gasteiger partial charge is 0.497 e. The molecule has 1 atom stereocenters. The number of methoxy groups -OCH3 is 1. The summed E-state index contributed by atoms with van der Waals surface area (Å²) in [5, 5.41) is 0. The first-order valence-corrected chi connectivity index (χ1v) is 8.10. The molecule has 1 aliphatic rings. The Labute approximate surface area is 142 Å². The number of ketones is 1. The van der Waals surface area contributed by atoms with Gasteiger partial charge in [0.25, 0.3) is 5.91 Å². The molecule has 6 heteroatoms. The van der Waals surface area contributed by atoms with Crippen LogP contribution < -0.4 is 4.74 Å². The van der Waals surface area contributed by atoms with Gasteiger partial charge in [0.15, 0.2) is 5.78 Å². The Kier molecular flexibility index (Phi) is 5.26. The van der Waals surface area contributed by atoms with E-state index in [1.807, 2.05) is 13.8 Å². The Balaban J connectivity index is 2.23. The van der Waals surface area contributed by atoms with E-state index >= 15 is 0 Å². The van der Waals surface area contributed by atoms with Crippen LogP contribution in [0.5, 0.6) is 5.75 Å². The summed E-state index contributed by atoms with van der Waals surface area (Å²) in [5.41, 5.74) is 0.503. The molecule has 3 amide bonds. The van der Waals surface area contributed by atoms with Crippen molar-refractivity contribution in [1.82, 2.24) is 9.80 Å². The van der Waals surface area contributed by atoms with Gasteiger partial charge in [0, 0.05) is 24.1 Å². The van der Waals surface area contributed by atoms with Crippen LogP contribution in [0.15, 0.2) is 24.3 Å². The molecule has 0 radical (unpaired) electrons.